The van der Waals surface area contributed by atoms with Crippen molar-refractivity contribution in [2.75, 3.05) is 47.8 Å². The van der Waals surface area contributed by atoms with Gasteiger partial charge in [-0.25, -0.2) is 47.3 Å². The monoisotopic (exact) mass is 1890 g/mol. The smallest absolute Gasteiger partial charge is 0.410 e. The van der Waals surface area contributed by atoms with Crippen LogP contribution >= 0.6 is 0 Å². The molecule has 6 aromatic heterocycles. The molecule has 0 bridgehead atoms. The van der Waals surface area contributed by atoms with Gasteiger partial charge in [0.25, 0.3) is 0 Å². The molecule has 6 heterocycles. The van der Waals surface area contributed by atoms with Crippen LogP contribution in [0.5, 0.6) is 23.0 Å². The van der Waals surface area contributed by atoms with E-state index in [9.17, 15) is 63.2 Å². The number of rotatable bonds is 32. The maximum absolute atomic E-state index is 14.9. The molecule has 7 saturated carbocycles. The van der Waals surface area contributed by atoms with E-state index >= 15 is 0 Å². The van der Waals surface area contributed by atoms with Gasteiger partial charge in [-0.15, -0.1) is 20.4 Å². The predicted molar refractivity (Wildman–Crippen MR) is 495 cm³/mol. The Labute approximate surface area is 795 Å². The van der Waals surface area contributed by atoms with Crippen LogP contribution in [0.15, 0.2) is 97.2 Å². The van der Waals surface area contributed by atoms with E-state index in [2.05, 4.69) is 51.2 Å². The lowest BCUT2D eigenvalue weighted by atomic mass is 9.85. The lowest BCUT2D eigenvalue weighted by Gasteiger charge is -2.29. The molecule has 9 aromatic rings. The van der Waals surface area contributed by atoms with Crippen LogP contribution < -0.4 is 18.9 Å². The number of amides is 4. The second-order valence-electron chi connectivity index (χ2n) is 37.2. The molecule has 736 valence electrons. The van der Waals surface area contributed by atoms with Crippen LogP contribution in [-0.4, -0.2) is 230 Å². The minimum atomic E-state index is -0.839. The van der Waals surface area contributed by atoms with Gasteiger partial charge in [-0.2, -0.15) is 0 Å². The maximum atomic E-state index is 14.9. The van der Waals surface area contributed by atoms with E-state index in [-0.39, 0.29) is 86.5 Å². The number of nitrogens with zero attached hydrogens (tertiary/aromatic N) is 18. The average Bonchev–Trinajstić information content (AvgIpc) is 1.74. The summed E-state index contributed by atoms with van der Waals surface area (Å²) in [6, 6.07) is 27.2. The molecule has 38 nitrogen and oxygen atoms in total. The normalized spacial score (nSPS) is 19.7. The maximum Gasteiger partial charge on any atom is 0.410 e. The molecule has 39 heteroatoms. The highest BCUT2D eigenvalue weighted by Crippen LogP contribution is 2.39. The van der Waals surface area contributed by atoms with Crippen LogP contribution in [0.2, 0.25) is 0 Å². The highest BCUT2D eigenvalue weighted by molar-refractivity contribution is 5.74. The molecule has 7 aliphatic carbocycles. The van der Waals surface area contributed by atoms with Crippen molar-refractivity contribution in [2.45, 2.75) is 232 Å². The fourth-order valence-corrected chi connectivity index (χ4v) is 18.0. The van der Waals surface area contributed by atoms with E-state index in [0.29, 0.717) is 169 Å². The molecule has 0 radical (unpaired) electrons. The fourth-order valence-electron chi connectivity index (χ4n) is 18.0. The van der Waals surface area contributed by atoms with Gasteiger partial charge in [-0.05, 0) is 245 Å². The number of hydrogen-bond donors (Lipinski definition) is 4. The van der Waals surface area contributed by atoms with Crippen molar-refractivity contribution in [3.8, 4) is 68.3 Å². The number of carboxylic acid groups (broad SMARTS) is 4. The van der Waals surface area contributed by atoms with Crippen molar-refractivity contribution in [3.05, 3.63) is 143 Å². The van der Waals surface area contributed by atoms with Gasteiger partial charge in [-0.3, -0.25) is 24.2 Å². The topological polar surface area (TPSA) is 453 Å². The SMILES string of the molecule is CN(CC1CCC1)C(=O)OCc1c(-c2ccc(O[C@H]3CCC[C@H](C(=O)O)C3)c(F)c2)nnn1C.CN(CC1CCC1)C(=O)OCc1c(-c2ccc(O[C@H]3CCC[C@H](C(=O)O)C3)cn2)nnn1C.Cc1cc(-c2nnn(C)c2COC(=O)N(C)CC2CCC2)ccc1O[C@H]1CCC[C@H](C(=O)O)C1.Cc1nc(-c2nnn(C)c2COC(=O)N(C)Cc2ccccc2)ccc1O[C@H]1CCC[C@H](C(=O)O)C1. The minimum absolute atomic E-state index is 0.00553. The number of ether oxygens (including phenoxy) is 8. The number of aromatic nitrogens is 14. The minimum Gasteiger partial charge on any atom is -0.490 e. The Hall–Kier alpha value is -13.4. The van der Waals surface area contributed by atoms with Gasteiger partial charge in [0, 0.05) is 93.7 Å². The Morgan fingerprint density at radius 2 is 0.730 bits per heavy atom. The molecule has 16 rings (SSSR count). The van der Waals surface area contributed by atoms with Crippen molar-refractivity contribution < 1.29 is 101 Å². The molecule has 0 unspecified atom stereocenters. The first-order chi connectivity index (χ1) is 65.8. The summed E-state index contributed by atoms with van der Waals surface area (Å²) in [5.41, 5.74) is 9.82. The molecule has 7 aliphatic rings. The van der Waals surface area contributed by atoms with Crippen LogP contribution in [0.3, 0.4) is 0 Å². The van der Waals surface area contributed by atoms with Crippen molar-refractivity contribution in [1.82, 2.24) is 89.5 Å². The summed E-state index contributed by atoms with van der Waals surface area (Å²) in [4.78, 5) is 110. The van der Waals surface area contributed by atoms with E-state index in [0.717, 1.165) is 92.5 Å². The number of aryl methyl sites for hydroxylation is 6. The zero-order valence-electron chi connectivity index (χ0n) is 79.7. The van der Waals surface area contributed by atoms with Crippen LogP contribution in [0.25, 0.3) is 45.3 Å². The number of aliphatic carboxylic acids is 4. The Bertz CT molecular complexity index is 5440. The van der Waals surface area contributed by atoms with E-state index < -0.39 is 47.8 Å². The summed E-state index contributed by atoms with van der Waals surface area (Å²) < 4.78 is 67.2. The second kappa shape index (κ2) is 47.9. The molecule has 137 heavy (non-hydrogen) atoms. The lowest BCUT2D eigenvalue weighted by Crippen LogP contribution is -2.34. The summed E-state index contributed by atoms with van der Waals surface area (Å²) in [5, 5.41) is 70.3. The van der Waals surface area contributed by atoms with Crippen LogP contribution in [-0.2, 0) is 99.3 Å². The molecule has 0 aliphatic heterocycles. The first-order valence-corrected chi connectivity index (χ1v) is 47.4. The Morgan fingerprint density at radius 3 is 1.10 bits per heavy atom. The molecular formula is C98H127FN18O20. The highest BCUT2D eigenvalue weighted by atomic mass is 19.1. The molecule has 4 amide bonds. The van der Waals surface area contributed by atoms with Crippen LogP contribution in [0, 0.1) is 61.1 Å². The summed E-state index contributed by atoms with van der Waals surface area (Å²) in [6.45, 7) is 6.44. The molecule has 7 fully saturated rings. The number of pyridine rings is 2. The summed E-state index contributed by atoms with van der Waals surface area (Å²) in [7, 11) is 13.9. The Balaban J connectivity index is 0.000000154. The molecule has 0 spiro atoms. The second-order valence-corrected chi connectivity index (χ2v) is 37.2. The molecule has 3 aromatic carbocycles. The number of halogens is 1. The first kappa shape index (κ1) is 101. The van der Waals surface area contributed by atoms with Gasteiger partial charge in [0.2, 0.25) is 0 Å². The van der Waals surface area contributed by atoms with Crippen molar-refractivity contribution >= 4 is 48.3 Å². The molecular weight excluding hydrogens is 1770 g/mol. The molecule has 0 saturated heterocycles. The Kier molecular flexibility index (Phi) is 35.3. The first-order valence-electron chi connectivity index (χ1n) is 47.4. The third-order valence-electron chi connectivity index (χ3n) is 26.9. The van der Waals surface area contributed by atoms with Gasteiger partial charge < -0.3 is 77.9 Å². The van der Waals surface area contributed by atoms with E-state index in [1.807, 2.05) is 68.4 Å². The summed E-state index contributed by atoms with van der Waals surface area (Å²) >= 11 is 0. The number of carbonyl (C=O) groups is 8. The van der Waals surface area contributed by atoms with Gasteiger partial charge in [0.15, 0.2) is 11.6 Å². The van der Waals surface area contributed by atoms with Gasteiger partial charge in [0.05, 0.1) is 71.4 Å². The van der Waals surface area contributed by atoms with E-state index in [4.69, 9.17) is 37.9 Å². The standard InChI is InChI=1S/C26H31N5O5.C25H34N4O5.C24H31FN4O5.C23H31N5O5/c1-17-23(36-20-11-7-10-19(14-20)25(32)33)13-12-21(27-17)24-22(31(3)29-28-24)16-35-26(34)30(2)15-18-8-5-4-6-9-18;1-16-12-18(10-11-22(16)34-20-9-5-8-19(13-20)24(30)31)23-21(29(3)27-26-23)15-33-25(32)28(2)14-17-6-4-7-17;1-28(13-15-5-3-6-15)24(32)33-14-20-22(26-27-29(20)2)16-9-10-21(19(25)12-16)34-18-8-4-7-17(11-18)23(30)31;1-27(13-15-5-3-6-15)23(31)32-14-20-21(25-26-28(20)2)19-10-9-18(12-24-19)33-17-8-4-7-16(11-17)22(29)30/h4-6,8-9,12-13,19-20H,7,10-11,14-16H2,1-3H3,(H,32,33);10-12,17,19-20H,4-9,13-15H2,1-3H3,(H,30,31);9-10,12,15,17-18H,3-8,11,13-14H2,1-2H3,(H,30,31);9-10,12,15-17H,3-8,11,13-14H2,1-2H3,(H,29,30)/t2*19-,20-;17-,18-;16-,17-/m0000/s1. The lowest BCUT2D eigenvalue weighted by molar-refractivity contribution is -0.144. The molecule has 8 atom stereocenters. The van der Waals surface area contributed by atoms with Gasteiger partial charge in [0.1, 0.15) is 89.2 Å². The third-order valence-corrected chi connectivity index (χ3v) is 26.9. The largest absolute Gasteiger partial charge is 0.490 e. The zero-order valence-corrected chi connectivity index (χ0v) is 79.7. The number of hydrogen-bond acceptors (Lipinski definition) is 26. The van der Waals surface area contributed by atoms with Crippen molar-refractivity contribution in [2.24, 2.45) is 69.6 Å². The van der Waals surface area contributed by atoms with E-state index in [1.54, 1.807) is 116 Å². The average molecular weight is 1900 g/mol. The van der Waals surface area contributed by atoms with Crippen LogP contribution in [0.4, 0.5) is 23.6 Å². The highest BCUT2D eigenvalue weighted by Gasteiger charge is 2.36. The number of carboxylic acids is 4. The van der Waals surface area contributed by atoms with E-state index in [1.165, 1.54) is 66.7 Å². The Morgan fingerprint density at radius 1 is 0.387 bits per heavy atom. The summed E-state index contributed by atoms with van der Waals surface area (Å²) in [5.74, 6) is -1.47. The predicted octanol–water partition coefficient (Wildman–Crippen LogP) is 15.4. The van der Waals surface area contributed by atoms with Gasteiger partial charge >= 0.3 is 48.3 Å². The summed E-state index contributed by atoms with van der Waals surface area (Å²) in [6.07, 6.45) is 21.1. The van der Waals surface area contributed by atoms with Gasteiger partial charge in [-0.1, -0.05) is 70.4 Å². The number of carbonyl (C=O) groups excluding carboxylic acids is 4. The number of benzene rings is 3. The fraction of sp³-hybridized carbons (Fsp3) is 0.551. The zero-order chi connectivity index (χ0) is 97.5. The van der Waals surface area contributed by atoms with Crippen LogP contribution in [0.1, 0.15) is 200 Å². The van der Waals surface area contributed by atoms with Crippen molar-refractivity contribution in [3.63, 3.8) is 0 Å². The van der Waals surface area contributed by atoms with Crippen molar-refractivity contribution in [1.29, 1.82) is 0 Å². The third kappa shape index (κ3) is 27.7. The molecule has 4 N–H and O–H groups in total. The quantitative estimate of drug-likeness (QED) is 0.0284.